The fourth-order valence-electron chi connectivity index (χ4n) is 6.52. The smallest absolute Gasteiger partial charge is 0.289 e. The summed E-state index contributed by atoms with van der Waals surface area (Å²) in [4.78, 5) is 66.3. The van der Waals surface area contributed by atoms with Gasteiger partial charge in [-0.1, -0.05) is 73.9 Å². The highest BCUT2D eigenvalue weighted by molar-refractivity contribution is 6.38. The highest BCUT2D eigenvalue weighted by atomic mass is 16.2. The molecule has 7 heteroatoms. The maximum atomic E-state index is 13.8. The summed E-state index contributed by atoms with van der Waals surface area (Å²) in [6, 6.07) is 13.9. The Balaban J connectivity index is 1.34. The van der Waals surface area contributed by atoms with Crippen LogP contribution in [0.25, 0.3) is 6.08 Å². The van der Waals surface area contributed by atoms with Crippen LogP contribution >= 0.6 is 0 Å². The second-order valence-electron chi connectivity index (χ2n) is 12.1. The van der Waals surface area contributed by atoms with E-state index in [2.05, 4.69) is 16.7 Å². The van der Waals surface area contributed by atoms with Crippen molar-refractivity contribution in [1.82, 2.24) is 10.6 Å². The van der Waals surface area contributed by atoms with E-state index in [9.17, 15) is 24.0 Å². The summed E-state index contributed by atoms with van der Waals surface area (Å²) in [5.41, 5.74) is 3.62. The van der Waals surface area contributed by atoms with Crippen molar-refractivity contribution >= 4 is 35.2 Å². The van der Waals surface area contributed by atoms with E-state index in [1.165, 1.54) is 5.56 Å². The molecule has 0 bridgehead atoms. The fraction of sp³-hybridized carbons (Fsp3) is 0.457. The van der Waals surface area contributed by atoms with Gasteiger partial charge >= 0.3 is 0 Å². The lowest BCUT2D eigenvalue weighted by atomic mass is 9.89. The molecule has 0 unspecified atom stereocenters. The van der Waals surface area contributed by atoms with E-state index in [-0.39, 0.29) is 36.4 Å². The SMILES string of the molecule is O=C(NC1CCCCC1)C(=O)[C@H](C[C@@H]1CCCC1=O)NC(=O)[C@@H](CC(=O)c1ccc2c(c1)C=CC2)Cc1ccccc1. The van der Waals surface area contributed by atoms with Gasteiger partial charge in [0.15, 0.2) is 5.78 Å². The Labute approximate surface area is 247 Å². The van der Waals surface area contributed by atoms with E-state index < -0.39 is 29.6 Å². The average molecular weight is 569 g/mol. The van der Waals surface area contributed by atoms with E-state index >= 15 is 0 Å². The molecule has 2 amide bonds. The zero-order valence-corrected chi connectivity index (χ0v) is 24.1. The largest absolute Gasteiger partial charge is 0.347 e. The summed E-state index contributed by atoms with van der Waals surface area (Å²) >= 11 is 0. The molecule has 0 radical (unpaired) electrons. The molecule has 3 aliphatic rings. The maximum Gasteiger partial charge on any atom is 0.289 e. The first-order chi connectivity index (χ1) is 20.4. The van der Waals surface area contributed by atoms with Gasteiger partial charge in [0, 0.05) is 36.3 Å². The van der Waals surface area contributed by atoms with Crippen molar-refractivity contribution in [3.8, 4) is 0 Å². The predicted octanol–water partition coefficient (Wildman–Crippen LogP) is 4.95. The van der Waals surface area contributed by atoms with Crippen LogP contribution < -0.4 is 10.6 Å². The highest BCUT2D eigenvalue weighted by Crippen LogP contribution is 2.27. The van der Waals surface area contributed by atoms with Crippen molar-refractivity contribution in [2.24, 2.45) is 11.8 Å². The summed E-state index contributed by atoms with van der Waals surface area (Å²) < 4.78 is 0. The van der Waals surface area contributed by atoms with Gasteiger partial charge in [0.25, 0.3) is 5.91 Å². The van der Waals surface area contributed by atoms with Crippen LogP contribution in [0, 0.1) is 11.8 Å². The molecule has 0 saturated heterocycles. The molecular weight excluding hydrogens is 528 g/mol. The molecule has 3 atom stereocenters. The van der Waals surface area contributed by atoms with Crippen LogP contribution in [0.4, 0.5) is 0 Å². The van der Waals surface area contributed by atoms with Crippen molar-refractivity contribution in [2.75, 3.05) is 0 Å². The van der Waals surface area contributed by atoms with Gasteiger partial charge in [0.05, 0.1) is 6.04 Å². The van der Waals surface area contributed by atoms with E-state index in [1.807, 2.05) is 48.5 Å². The van der Waals surface area contributed by atoms with Gasteiger partial charge in [-0.25, -0.2) is 0 Å². The number of fused-ring (bicyclic) bond motifs is 1. The molecule has 2 N–H and O–H groups in total. The normalized spacial score (nSPS) is 19.6. The van der Waals surface area contributed by atoms with Gasteiger partial charge in [0.1, 0.15) is 5.78 Å². The molecule has 2 aromatic rings. The number of Topliss-reactive ketones (excluding diaryl/α,β-unsaturated/α-hetero) is 3. The van der Waals surface area contributed by atoms with E-state index in [0.29, 0.717) is 24.8 Å². The Hall–Kier alpha value is -3.87. The summed E-state index contributed by atoms with van der Waals surface area (Å²) in [5, 5.41) is 5.70. The van der Waals surface area contributed by atoms with Gasteiger partial charge in [-0.15, -0.1) is 0 Å². The molecule has 0 aliphatic heterocycles. The summed E-state index contributed by atoms with van der Waals surface area (Å²) in [6.07, 6.45) is 11.9. The molecular formula is C35H40N2O5. The number of hydrogen-bond acceptors (Lipinski definition) is 5. The third-order valence-electron chi connectivity index (χ3n) is 8.98. The Morgan fingerprint density at radius 3 is 2.43 bits per heavy atom. The molecule has 2 fully saturated rings. The molecule has 2 aromatic carbocycles. The van der Waals surface area contributed by atoms with Gasteiger partial charge in [-0.05, 0) is 67.7 Å². The number of amides is 2. The van der Waals surface area contributed by atoms with Gasteiger partial charge in [-0.2, -0.15) is 0 Å². The minimum Gasteiger partial charge on any atom is -0.347 e. The average Bonchev–Trinajstić information content (AvgIpc) is 3.65. The lowest BCUT2D eigenvalue weighted by Gasteiger charge is -2.26. The van der Waals surface area contributed by atoms with Crippen LogP contribution in [0.3, 0.4) is 0 Å². The topological polar surface area (TPSA) is 109 Å². The van der Waals surface area contributed by atoms with Crippen LogP contribution in [-0.2, 0) is 32.0 Å². The summed E-state index contributed by atoms with van der Waals surface area (Å²) in [7, 11) is 0. The zero-order valence-electron chi connectivity index (χ0n) is 24.1. The molecule has 220 valence electrons. The first kappa shape index (κ1) is 29.6. The zero-order chi connectivity index (χ0) is 29.5. The molecule has 0 heterocycles. The Bertz CT molecular complexity index is 1360. The second kappa shape index (κ2) is 13.9. The lowest BCUT2D eigenvalue weighted by molar-refractivity contribution is -0.141. The van der Waals surface area contributed by atoms with Crippen LogP contribution in [0.1, 0.15) is 91.3 Å². The number of benzene rings is 2. The van der Waals surface area contributed by atoms with Crippen molar-refractivity contribution in [3.05, 3.63) is 76.9 Å². The van der Waals surface area contributed by atoms with Crippen LogP contribution in [0.2, 0.25) is 0 Å². The molecule has 0 aromatic heterocycles. The van der Waals surface area contributed by atoms with E-state index in [1.54, 1.807) is 6.07 Å². The van der Waals surface area contributed by atoms with Crippen molar-refractivity contribution in [2.45, 2.75) is 89.1 Å². The number of carbonyl (C=O) groups is 5. The number of ketones is 3. The molecule has 42 heavy (non-hydrogen) atoms. The first-order valence-electron chi connectivity index (χ1n) is 15.4. The quantitative estimate of drug-likeness (QED) is 0.278. The van der Waals surface area contributed by atoms with Crippen LogP contribution in [-0.4, -0.2) is 41.2 Å². The summed E-state index contributed by atoms with van der Waals surface area (Å²) in [6.45, 7) is 0. The van der Waals surface area contributed by atoms with Crippen molar-refractivity contribution in [3.63, 3.8) is 0 Å². The molecule has 3 aliphatic carbocycles. The minimum atomic E-state index is -1.12. The van der Waals surface area contributed by atoms with E-state index in [0.717, 1.165) is 56.1 Å². The fourth-order valence-corrected chi connectivity index (χ4v) is 6.52. The van der Waals surface area contributed by atoms with Gasteiger partial charge in [-0.3, -0.25) is 24.0 Å². The number of allylic oxidation sites excluding steroid dienone is 1. The van der Waals surface area contributed by atoms with Crippen LogP contribution in [0.5, 0.6) is 0 Å². The first-order valence-corrected chi connectivity index (χ1v) is 15.4. The lowest BCUT2D eigenvalue weighted by Crippen LogP contribution is -2.52. The highest BCUT2D eigenvalue weighted by Gasteiger charge is 2.36. The Morgan fingerprint density at radius 2 is 1.69 bits per heavy atom. The predicted molar refractivity (Wildman–Crippen MR) is 161 cm³/mol. The third-order valence-corrected chi connectivity index (χ3v) is 8.98. The molecule has 7 nitrogen and oxygen atoms in total. The van der Waals surface area contributed by atoms with Crippen molar-refractivity contribution in [1.29, 1.82) is 0 Å². The second-order valence-corrected chi connectivity index (χ2v) is 12.1. The van der Waals surface area contributed by atoms with E-state index in [4.69, 9.17) is 0 Å². The Kier molecular flexibility index (Phi) is 9.78. The number of carbonyl (C=O) groups excluding carboxylic acids is 5. The molecule has 5 rings (SSSR count). The standard InChI is InChI=1S/C35H40N2O5/c38-31-16-8-13-26(31)21-30(33(40)35(42)36-29-14-5-2-6-15-29)37-34(41)28(19-23-9-3-1-4-10-23)22-32(39)27-18-17-24-11-7-12-25(24)20-27/h1,3-4,7,9-10,12,17-18,20,26,28-30H,2,5-6,8,11,13-16,19,21-22H2,(H,36,42)(H,37,41)/t26-,28+,30-/m0/s1. The summed E-state index contributed by atoms with van der Waals surface area (Å²) in [5.74, 6) is -3.09. The number of nitrogens with one attached hydrogen (secondary N) is 2. The van der Waals surface area contributed by atoms with Gasteiger partial charge < -0.3 is 10.6 Å². The van der Waals surface area contributed by atoms with Gasteiger partial charge in [0.2, 0.25) is 11.7 Å². The maximum absolute atomic E-state index is 13.8. The minimum absolute atomic E-state index is 0.0409. The Morgan fingerprint density at radius 1 is 0.905 bits per heavy atom. The van der Waals surface area contributed by atoms with Crippen LogP contribution in [0.15, 0.2) is 54.6 Å². The number of rotatable bonds is 12. The van der Waals surface area contributed by atoms with Crippen molar-refractivity contribution < 1.29 is 24.0 Å². The third kappa shape index (κ3) is 7.50. The monoisotopic (exact) mass is 568 g/mol. The number of hydrogen-bond donors (Lipinski definition) is 2. The molecule has 0 spiro atoms. The molecule has 2 saturated carbocycles.